The lowest BCUT2D eigenvalue weighted by Gasteiger charge is -2.04. The zero-order valence-electron chi connectivity index (χ0n) is 9.22. The fourth-order valence-corrected chi connectivity index (χ4v) is 1.52. The maximum atomic E-state index is 4.22. The van der Waals surface area contributed by atoms with E-state index in [-0.39, 0.29) is 0 Å². The molecule has 0 spiro atoms. The summed E-state index contributed by atoms with van der Waals surface area (Å²) in [6.45, 7) is 0. The second-order valence-electron chi connectivity index (χ2n) is 3.41. The molecule has 0 atom stereocenters. The van der Waals surface area contributed by atoms with Crippen LogP contribution in [0.1, 0.15) is 0 Å². The molecule has 0 bridgehead atoms. The molecule has 0 amide bonds. The first kappa shape index (κ1) is 10.4. The molecule has 3 heterocycles. The molecule has 0 aromatic carbocycles. The van der Waals surface area contributed by atoms with Crippen molar-refractivity contribution in [3.05, 3.63) is 49.4 Å². The average Bonchev–Trinajstić information content (AvgIpc) is 2.49. The SMILES string of the molecule is [c]1nncc(-c2ncccn2)c1-c1cnccn1. The summed E-state index contributed by atoms with van der Waals surface area (Å²) in [4.78, 5) is 16.6. The first-order valence-corrected chi connectivity index (χ1v) is 5.22. The van der Waals surface area contributed by atoms with Crippen LogP contribution in [0, 0.1) is 6.20 Å². The van der Waals surface area contributed by atoms with Crippen LogP contribution in [0.15, 0.2) is 43.2 Å². The van der Waals surface area contributed by atoms with Crippen molar-refractivity contribution in [2.24, 2.45) is 0 Å². The first-order valence-electron chi connectivity index (χ1n) is 5.22. The molecule has 0 N–H and O–H groups in total. The van der Waals surface area contributed by atoms with Gasteiger partial charge in [-0.05, 0) is 6.07 Å². The molecule has 3 rings (SSSR count). The Labute approximate surface area is 103 Å². The lowest BCUT2D eigenvalue weighted by molar-refractivity contribution is 1.01. The summed E-state index contributed by atoms with van der Waals surface area (Å²) in [6.07, 6.45) is 12.6. The van der Waals surface area contributed by atoms with E-state index in [0.29, 0.717) is 17.1 Å². The molecule has 3 aromatic heterocycles. The lowest BCUT2D eigenvalue weighted by Crippen LogP contribution is -1.95. The topological polar surface area (TPSA) is 77.3 Å². The third-order valence-corrected chi connectivity index (χ3v) is 2.30. The highest BCUT2D eigenvalue weighted by Gasteiger charge is 2.11. The van der Waals surface area contributed by atoms with Crippen molar-refractivity contribution in [1.82, 2.24) is 30.1 Å². The summed E-state index contributed by atoms with van der Waals surface area (Å²) >= 11 is 0. The van der Waals surface area contributed by atoms with Gasteiger partial charge in [-0.15, -0.1) is 5.10 Å². The van der Waals surface area contributed by atoms with Crippen molar-refractivity contribution in [3.8, 4) is 22.6 Å². The third kappa shape index (κ3) is 1.91. The molecule has 3 aromatic rings. The molecule has 85 valence electrons. The molecule has 6 heteroatoms. The Kier molecular flexibility index (Phi) is 2.67. The Morgan fingerprint density at radius 1 is 0.889 bits per heavy atom. The second kappa shape index (κ2) is 4.62. The Bertz CT molecular complexity index is 582. The monoisotopic (exact) mass is 235 g/mol. The van der Waals surface area contributed by atoms with Gasteiger partial charge < -0.3 is 0 Å². The van der Waals surface area contributed by atoms with Crippen molar-refractivity contribution in [2.45, 2.75) is 0 Å². The van der Waals surface area contributed by atoms with Crippen LogP contribution in [0.5, 0.6) is 0 Å². The van der Waals surface area contributed by atoms with Gasteiger partial charge in [0, 0.05) is 30.4 Å². The average molecular weight is 235 g/mol. The van der Waals surface area contributed by atoms with Crippen LogP contribution >= 0.6 is 0 Å². The van der Waals surface area contributed by atoms with Crippen molar-refractivity contribution in [2.75, 3.05) is 0 Å². The summed E-state index contributed by atoms with van der Waals surface area (Å²) in [5.74, 6) is 0.560. The van der Waals surface area contributed by atoms with Gasteiger partial charge in [-0.25, -0.2) is 9.97 Å². The van der Waals surface area contributed by atoms with Gasteiger partial charge in [0.15, 0.2) is 5.82 Å². The predicted octanol–water partition coefficient (Wildman–Crippen LogP) is 1.19. The quantitative estimate of drug-likeness (QED) is 0.664. The van der Waals surface area contributed by atoms with Crippen LogP contribution in [0.2, 0.25) is 0 Å². The van der Waals surface area contributed by atoms with Crippen LogP contribution in [0.25, 0.3) is 22.6 Å². The summed E-state index contributed by atoms with van der Waals surface area (Å²) in [5.41, 5.74) is 2.07. The molecule has 0 aliphatic heterocycles. The van der Waals surface area contributed by atoms with E-state index in [4.69, 9.17) is 0 Å². The molecule has 0 saturated carbocycles. The molecule has 1 radical (unpaired) electrons. The Morgan fingerprint density at radius 2 is 1.78 bits per heavy atom. The van der Waals surface area contributed by atoms with Crippen molar-refractivity contribution < 1.29 is 0 Å². The van der Waals surface area contributed by atoms with E-state index >= 15 is 0 Å². The molecular weight excluding hydrogens is 228 g/mol. The fraction of sp³-hybridized carbons (Fsp3) is 0. The summed E-state index contributed by atoms with van der Waals surface area (Å²) in [6, 6.07) is 1.75. The summed E-state index contributed by atoms with van der Waals surface area (Å²) < 4.78 is 0. The molecule has 6 nitrogen and oxygen atoms in total. The third-order valence-electron chi connectivity index (χ3n) is 2.30. The highest BCUT2D eigenvalue weighted by molar-refractivity contribution is 5.76. The van der Waals surface area contributed by atoms with E-state index in [9.17, 15) is 0 Å². The van der Waals surface area contributed by atoms with E-state index in [1.807, 2.05) is 0 Å². The Hall–Kier alpha value is -2.76. The smallest absolute Gasteiger partial charge is 0.161 e. The van der Waals surface area contributed by atoms with Crippen LogP contribution in [-0.4, -0.2) is 30.1 Å². The minimum Gasteiger partial charge on any atom is -0.261 e. The van der Waals surface area contributed by atoms with Crippen LogP contribution in [0.4, 0.5) is 0 Å². The molecular formula is C12H7N6. The number of aromatic nitrogens is 6. The van der Waals surface area contributed by atoms with Crippen LogP contribution in [-0.2, 0) is 0 Å². The van der Waals surface area contributed by atoms with Gasteiger partial charge >= 0.3 is 0 Å². The lowest BCUT2D eigenvalue weighted by atomic mass is 10.1. The van der Waals surface area contributed by atoms with Gasteiger partial charge in [-0.3, -0.25) is 9.97 Å². The predicted molar refractivity (Wildman–Crippen MR) is 62.9 cm³/mol. The highest BCUT2D eigenvalue weighted by atomic mass is 15.1. The molecule has 18 heavy (non-hydrogen) atoms. The summed E-state index contributed by atoms with van der Waals surface area (Å²) in [7, 11) is 0. The highest BCUT2D eigenvalue weighted by Crippen LogP contribution is 2.25. The number of hydrogen-bond acceptors (Lipinski definition) is 6. The van der Waals surface area contributed by atoms with E-state index in [2.05, 4.69) is 36.3 Å². The molecule has 0 unspecified atom stereocenters. The van der Waals surface area contributed by atoms with Crippen molar-refractivity contribution >= 4 is 0 Å². The first-order chi connectivity index (χ1) is 8.95. The Morgan fingerprint density at radius 3 is 2.56 bits per heavy atom. The Balaban J connectivity index is 2.18. The zero-order chi connectivity index (χ0) is 12.2. The second-order valence-corrected chi connectivity index (χ2v) is 3.41. The van der Waals surface area contributed by atoms with Gasteiger partial charge in [-0.2, -0.15) is 5.10 Å². The number of nitrogens with zero attached hydrogens (tertiary/aromatic N) is 6. The fourth-order valence-electron chi connectivity index (χ4n) is 1.52. The maximum absolute atomic E-state index is 4.22. The van der Waals surface area contributed by atoms with E-state index in [1.165, 1.54) is 0 Å². The number of hydrogen-bond donors (Lipinski definition) is 0. The van der Waals surface area contributed by atoms with E-state index in [0.717, 1.165) is 5.56 Å². The molecule has 0 saturated heterocycles. The van der Waals surface area contributed by atoms with Gasteiger partial charge in [-0.1, -0.05) is 0 Å². The van der Waals surface area contributed by atoms with Gasteiger partial charge in [0.1, 0.15) is 6.20 Å². The summed E-state index contributed by atoms with van der Waals surface area (Å²) in [5, 5.41) is 7.56. The zero-order valence-corrected chi connectivity index (χ0v) is 9.22. The van der Waals surface area contributed by atoms with Gasteiger partial charge in [0.05, 0.1) is 23.7 Å². The number of rotatable bonds is 2. The minimum absolute atomic E-state index is 0.560. The van der Waals surface area contributed by atoms with Crippen molar-refractivity contribution in [3.63, 3.8) is 0 Å². The van der Waals surface area contributed by atoms with E-state index in [1.54, 1.807) is 43.2 Å². The van der Waals surface area contributed by atoms with E-state index < -0.39 is 0 Å². The normalized spacial score (nSPS) is 10.2. The van der Waals surface area contributed by atoms with Crippen molar-refractivity contribution in [1.29, 1.82) is 0 Å². The van der Waals surface area contributed by atoms with Gasteiger partial charge in [0.2, 0.25) is 0 Å². The standard InChI is InChI=1S/C12H7N6/c1-2-15-12(16-3-1)10-7-18-17-6-9(10)11-8-13-4-5-14-11/h1-5,7-8H. The molecule has 0 fully saturated rings. The van der Waals surface area contributed by atoms with Crippen LogP contribution in [0.3, 0.4) is 0 Å². The van der Waals surface area contributed by atoms with Gasteiger partial charge in [0.25, 0.3) is 0 Å². The molecule has 0 aliphatic carbocycles. The maximum Gasteiger partial charge on any atom is 0.161 e. The molecule has 0 aliphatic rings. The minimum atomic E-state index is 0.560. The largest absolute Gasteiger partial charge is 0.261 e. The van der Waals surface area contributed by atoms with Crippen LogP contribution < -0.4 is 0 Å².